The van der Waals surface area contributed by atoms with Gasteiger partial charge in [0.1, 0.15) is 0 Å². The number of nitrogens with zero attached hydrogens (tertiary/aromatic N) is 1. The molecule has 2 aromatic rings. The Morgan fingerprint density at radius 2 is 1.41 bits per heavy atom. The minimum Gasteiger partial charge on any atom is -0.399 e. The second-order valence-corrected chi connectivity index (χ2v) is 13.2. The molecule has 0 bridgehead atoms. The molecule has 1 saturated heterocycles. The highest BCUT2D eigenvalue weighted by Crippen LogP contribution is 2.53. The van der Waals surface area contributed by atoms with Crippen LogP contribution in [-0.2, 0) is 9.31 Å². The summed E-state index contributed by atoms with van der Waals surface area (Å²) in [6, 6.07) is 6.89. The molecule has 0 radical (unpaired) electrons. The van der Waals surface area contributed by atoms with E-state index in [9.17, 15) is 0 Å². The van der Waals surface area contributed by atoms with Crippen molar-refractivity contribution < 1.29 is 9.31 Å². The first-order valence-corrected chi connectivity index (χ1v) is 13.4. The normalized spacial score (nSPS) is 19.2. The van der Waals surface area contributed by atoms with Crippen molar-refractivity contribution in [1.29, 1.82) is 0 Å². The maximum absolute atomic E-state index is 6.48. The number of hydrogen-bond acceptors (Lipinski definition) is 2. The molecule has 3 nitrogen and oxygen atoms in total. The molecule has 1 aliphatic rings. The monoisotopic (exact) mass is 417 g/mol. The highest BCUT2D eigenvalue weighted by molar-refractivity contribution is 8.32. The van der Waals surface area contributed by atoms with Crippen LogP contribution in [0, 0.1) is 6.92 Å². The van der Waals surface area contributed by atoms with Crippen LogP contribution in [0.4, 0.5) is 0 Å². The fourth-order valence-electron chi connectivity index (χ4n) is 4.56. The largest absolute Gasteiger partial charge is 0.497 e. The lowest BCUT2D eigenvalue weighted by molar-refractivity contribution is 0.00578. The zero-order chi connectivity index (χ0) is 21.4. The first-order valence-electron chi connectivity index (χ1n) is 11.3. The number of fused-ring (bicyclic) bond motifs is 1. The lowest BCUT2D eigenvalue weighted by Crippen LogP contribution is -2.41. The first-order chi connectivity index (χ1) is 13.6. The Balaban J connectivity index is 2.20. The molecule has 0 aliphatic carbocycles. The van der Waals surface area contributed by atoms with E-state index in [0.717, 1.165) is 0 Å². The fourth-order valence-corrected chi connectivity index (χ4v) is 8.95. The van der Waals surface area contributed by atoms with Crippen molar-refractivity contribution in [2.75, 3.05) is 17.3 Å². The van der Waals surface area contributed by atoms with Gasteiger partial charge in [0, 0.05) is 17.0 Å². The van der Waals surface area contributed by atoms with Gasteiger partial charge in [0.2, 0.25) is 0 Å². The SMILES string of the molecule is CCCS(CCC)(CCC)n1cc(B2OC(C)(C)C(C)(C)O2)c2cc(C)ccc21. The third-order valence-corrected chi connectivity index (χ3v) is 11.3. The van der Waals surface area contributed by atoms with Crippen LogP contribution in [0.15, 0.2) is 24.4 Å². The molecule has 0 spiro atoms. The van der Waals surface area contributed by atoms with E-state index in [2.05, 4.69) is 83.8 Å². The molecule has 0 saturated carbocycles. The molecule has 2 heterocycles. The predicted octanol–water partition coefficient (Wildman–Crippen LogP) is 6.05. The maximum atomic E-state index is 6.48. The Morgan fingerprint density at radius 1 is 0.897 bits per heavy atom. The van der Waals surface area contributed by atoms with E-state index in [1.54, 1.807) is 0 Å². The van der Waals surface area contributed by atoms with Gasteiger partial charge in [-0.25, -0.2) is 0 Å². The minimum atomic E-state index is -0.926. The van der Waals surface area contributed by atoms with Crippen LogP contribution in [0.1, 0.15) is 73.3 Å². The van der Waals surface area contributed by atoms with Crippen molar-refractivity contribution in [1.82, 2.24) is 3.97 Å². The van der Waals surface area contributed by atoms with Gasteiger partial charge in [-0.2, -0.15) is 10.2 Å². The van der Waals surface area contributed by atoms with Crippen LogP contribution in [0.2, 0.25) is 0 Å². The van der Waals surface area contributed by atoms with E-state index in [-0.39, 0.29) is 18.3 Å². The zero-order valence-corrected chi connectivity index (χ0v) is 20.6. The Hall–Kier alpha value is -0.905. The zero-order valence-electron chi connectivity index (χ0n) is 19.8. The molecule has 0 N–H and O–H groups in total. The molecular weight excluding hydrogens is 377 g/mol. The summed E-state index contributed by atoms with van der Waals surface area (Å²) < 4.78 is 15.6. The van der Waals surface area contributed by atoms with Crippen molar-refractivity contribution in [2.24, 2.45) is 0 Å². The molecular formula is C24H40BNO2S. The van der Waals surface area contributed by atoms with Gasteiger partial charge in [-0.3, -0.25) is 0 Å². The Bertz CT molecular complexity index is 825. The van der Waals surface area contributed by atoms with Crippen molar-refractivity contribution in [3.8, 4) is 0 Å². The van der Waals surface area contributed by atoms with Gasteiger partial charge in [-0.15, -0.1) is 0 Å². The molecule has 1 aromatic carbocycles. The van der Waals surface area contributed by atoms with Gasteiger partial charge in [-0.1, -0.05) is 38.5 Å². The van der Waals surface area contributed by atoms with Crippen molar-refractivity contribution in [3.63, 3.8) is 0 Å². The number of benzene rings is 1. The van der Waals surface area contributed by atoms with Crippen LogP contribution >= 0.6 is 10.2 Å². The lowest BCUT2D eigenvalue weighted by Gasteiger charge is -2.42. The highest BCUT2D eigenvalue weighted by atomic mass is 32.3. The summed E-state index contributed by atoms with van der Waals surface area (Å²) in [4.78, 5) is 0. The predicted molar refractivity (Wildman–Crippen MR) is 131 cm³/mol. The summed E-state index contributed by atoms with van der Waals surface area (Å²) in [5.74, 6) is 3.86. The Kier molecular flexibility index (Phi) is 6.53. The third-order valence-electron chi connectivity index (χ3n) is 6.63. The first kappa shape index (κ1) is 22.8. The minimum absolute atomic E-state index is 0.312. The highest BCUT2D eigenvalue weighted by Gasteiger charge is 2.52. The number of rotatable bonds is 8. The quantitative estimate of drug-likeness (QED) is 0.489. The third kappa shape index (κ3) is 4.03. The fraction of sp³-hybridized carbons (Fsp3) is 0.667. The van der Waals surface area contributed by atoms with Gasteiger partial charge in [0.25, 0.3) is 0 Å². The Labute approximate surface area is 180 Å². The van der Waals surface area contributed by atoms with Crippen LogP contribution in [0.25, 0.3) is 10.9 Å². The summed E-state index contributed by atoms with van der Waals surface area (Å²) in [6.45, 7) is 17.7. The summed E-state index contributed by atoms with van der Waals surface area (Å²) in [5, 5.41) is 1.30. The van der Waals surface area contributed by atoms with Crippen LogP contribution in [0.5, 0.6) is 0 Å². The van der Waals surface area contributed by atoms with Crippen molar-refractivity contribution in [2.45, 2.75) is 85.9 Å². The van der Waals surface area contributed by atoms with Crippen molar-refractivity contribution >= 4 is 33.7 Å². The Morgan fingerprint density at radius 3 is 1.90 bits per heavy atom. The maximum Gasteiger partial charge on any atom is 0.497 e. The van der Waals surface area contributed by atoms with Gasteiger partial charge in [-0.05, 0) is 77.2 Å². The molecule has 1 aromatic heterocycles. The molecule has 0 amide bonds. The average Bonchev–Trinajstić information content (AvgIpc) is 3.09. The van der Waals surface area contributed by atoms with Crippen molar-refractivity contribution in [3.05, 3.63) is 30.0 Å². The van der Waals surface area contributed by atoms with E-state index in [1.807, 2.05) is 0 Å². The van der Waals surface area contributed by atoms with Gasteiger partial charge in [0.15, 0.2) is 0 Å². The number of aryl methyl sites for hydroxylation is 1. The smallest absolute Gasteiger partial charge is 0.399 e. The lowest BCUT2D eigenvalue weighted by atomic mass is 9.79. The van der Waals surface area contributed by atoms with Crippen LogP contribution < -0.4 is 5.46 Å². The summed E-state index contributed by atoms with van der Waals surface area (Å²) >= 11 is 0. The standard InChI is InChI=1S/C24H40BNO2S/c1-9-14-29(15-10-2,16-11-3)26-18-21(20-17-19(4)12-13-22(20)26)25-27-23(5,6)24(7,8)28-25/h12-13,17-18H,9-11,14-16H2,1-8H3. The van der Waals surface area contributed by atoms with Crippen LogP contribution in [-0.4, -0.2) is 39.6 Å². The molecule has 29 heavy (non-hydrogen) atoms. The van der Waals surface area contributed by atoms with Gasteiger partial charge < -0.3 is 13.3 Å². The van der Waals surface area contributed by atoms with Crippen LogP contribution in [0.3, 0.4) is 0 Å². The summed E-state index contributed by atoms with van der Waals surface area (Å²) in [6.07, 6.45) is 6.08. The van der Waals surface area contributed by atoms with E-state index >= 15 is 0 Å². The average molecular weight is 417 g/mol. The molecule has 0 unspecified atom stereocenters. The van der Waals surface area contributed by atoms with Gasteiger partial charge in [0.05, 0.1) is 16.7 Å². The second kappa shape index (κ2) is 8.32. The molecule has 1 aliphatic heterocycles. The molecule has 162 valence electrons. The molecule has 1 fully saturated rings. The number of hydrogen-bond donors (Lipinski definition) is 0. The molecule has 0 atom stereocenters. The summed E-state index contributed by atoms with van der Waals surface area (Å²) in [5.41, 5.74) is 3.19. The molecule has 3 rings (SSSR count). The molecule has 5 heteroatoms. The van der Waals surface area contributed by atoms with Gasteiger partial charge >= 0.3 is 7.12 Å². The van der Waals surface area contributed by atoms with E-state index in [4.69, 9.17) is 9.31 Å². The number of aromatic nitrogens is 1. The topological polar surface area (TPSA) is 23.4 Å². The van der Waals surface area contributed by atoms with E-state index in [0.29, 0.717) is 0 Å². The van der Waals surface area contributed by atoms with E-state index in [1.165, 1.54) is 58.5 Å². The van der Waals surface area contributed by atoms with E-state index < -0.39 is 10.2 Å². The summed E-state index contributed by atoms with van der Waals surface area (Å²) in [7, 11) is -1.24. The second-order valence-electron chi connectivity index (χ2n) is 9.63.